The number of aryl methyl sites for hydroxylation is 1. The average Bonchev–Trinajstić information content (AvgIpc) is 3.05. The van der Waals surface area contributed by atoms with Gasteiger partial charge in [-0.1, -0.05) is 31.0 Å². The van der Waals surface area contributed by atoms with Gasteiger partial charge in [-0.2, -0.15) is 0 Å². The lowest BCUT2D eigenvalue weighted by atomic mass is 10.0. The Labute approximate surface area is 148 Å². The molecule has 0 aliphatic carbocycles. The third kappa shape index (κ3) is 4.19. The molecule has 0 N–H and O–H groups in total. The molecule has 1 unspecified atom stereocenters. The fourth-order valence-corrected chi connectivity index (χ4v) is 3.28. The minimum atomic E-state index is -0.277. The molecule has 1 aromatic heterocycles. The number of benzene rings is 2. The molecule has 2 aromatic carbocycles. The number of nitrogens with zero attached hydrogens (tertiary/aromatic N) is 2. The molecule has 0 aliphatic rings. The summed E-state index contributed by atoms with van der Waals surface area (Å²) in [5.74, 6) is 0.0331. The number of hydrogen-bond acceptors (Lipinski definition) is 2. The van der Waals surface area contributed by atoms with Crippen molar-refractivity contribution in [2.75, 3.05) is 7.11 Å². The first kappa shape index (κ1) is 17.5. The van der Waals surface area contributed by atoms with Crippen LogP contribution >= 0.6 is 0 Å². The van der Waals surface area contributed by atoms with Gasteiger partial charge in [0.1, 0.15) is 0 Å². The van der Waals surface area contributed by atoms with Crippen LogP contribution < -0.4 is 4.74 Å². The van der Waals surface area contributed by atoms with Gasteiger partial charge in [-0.25, -0.2) is 9.37 Å². The first-order valence-corrected chi connectivity index (χ1v) is 8.93. The number of aromatic nitrogens is 2. The molecule has 0 fully saturated rings. The molecule has 1 atom stereocenters. The van der Waals surface area contributed by atoms with Crippen molar-refractivity contribution in [3.63, 3.8) is 0 Å². The molecule has 3 aromatic rings. The number of halogens is 1. The van der Waals surface area contributed by atoms with Crippen molar-refractivity contribution in [1.82, 2.24) is 9.55 Å². The summed E-state index contributed by atoms with van der Waals surface area (Å²) in [6.07, 6.45) is 7.34. The third-order valence-electron chi connectivity index (χ3n) is 4.76. The van der Waals surface area contributed by atoms with E-state index in [2.05, 4.69) is 28.6 Å². The van der Waals surface area contributed by atoms with E-state index in [0.29, 0.717) is 11.8 Å². The van der Waals surface area contributed by atoms with Gasteiger partial charge in [0.15, 0.2) is 11.6 Å². The summed E-state index contributed by atoms with van der Waals surface area (Å²) in [5.41, 5.74) is 3.28. The smallest absolute Gasteiger partial charge is 0.165 e. The predicted molar refractivity (Wildman–Crippen MR) is 99.6 cm³/mol. The van der Waals surface area contributed by atoms with E-state index in [9.17, 15) is 4.39 Å². The molecule has 0 aliphatic heterocycles. The predicted octanol–water partition coefficient (Wildman–Crippen LogP) is 5.55. The highest BCUT2D eigenvalue weighted by atomic mass is 19.1. The van der Waals surface area contributed by atoms with Crippen LogP contribution in [0.1, 0.15) is 44.2 Å². The second-order valence-electron chi connectivity index (χ2n) is 6.56. The number of rotatable bonds is 8. The Bertz CT molecular complexity index is 828. The van der Waals surface area contributed by atoms with Crippen molar-refractivity contribution in [1.29, 1.82) is 0 Å². The van der Waals surface area contributed by atoms with Crippen LogP contribution in [-0.2, 0) is 6.42 Å². The average molecular weight is 340 g/mol. The SMILES string of the molecule is COc1ccc(CCCCCC(C)n2cnc3ccccc32)cc1F. The number of imidazole rings is 1. The molecule has 3 rings (SSSR count). The number of hydrogen-bond donors (Lipinski definition) is 0. The lowest BCUT2D eigenvalue weighted by Gasteiger charge is -2.14. The standard InChI is InChI=1S/C21H25FN2O/c1-16(24-15-23-19-10-6-7-11-20(19)24)8-4-3-5-9-17-12-13-21(25-2)18(22)14-17/h6-7,10-16H,3-5,8-9H2,1-2H3. The van der Waals surface area contributed by atoms with E-state index in [1.807, 2.05) is 24.5 Å². The topological polar surface area (TPSA) is 27.1 Å². The highest BCUT2D eigenvalue weighted by Crippen LogP contribution is 2.22. The second-order valence-corrected chi connectivity index (χ2v) is 6.56. The van der Waals surface area contributed by atoms with Gasteiger partial charge < -0.3 is 9.30 Å². The zero-order chi connectivity index (χ0) is 17.6. The molecule has 0 saturated carbocycles. The molecular formula is C21H25FN2O. The first-order valence-electron chi connectivity index (χ1n) is 8.93. The van der Waals surface area contributed by atoms with Gasteiger partial charge in [-0.15, -0.1) is 0 Å². The minimum Gasteiger partial charge on any atom is -0.494 e. The number of fused-ring (bicyclic) bond motifs is 1. The Morgan fingerprint density at radius 1 is 1.12 bits per heavy atom. The van der Waals surface area contributed by atoms with Crippen molar-refractivity contribution in [2.24, 2.45) is 0 Å². The van der Waals surface area contributed by atoms with Crippen molar-refractivity contribution in [3.8, 4) is 5.75 Å². The zero-order valence-corrected chi connectivity index (χ0v) is 14.9. The molecule has 0 bridgehead atoms. The highest BCUT2D eigenvalue weighted by Gasteiger charge is 2.09. The van der Waals surface area contributed by atoms with Crippen LogP contribution in [0.5, 0.6) is 5.75 Å². The number of ether oxygens (including phenoxy) is 1. The summed E-state index contributed by atoms with van der Waals surface area (Å²) in [5, 5.41) is 0. The molecule has 3 nitrogen and oxygen atoms in total. The lowest BCUT2D eigenvalue weighted by Crippen LogP contribution is -2.03. The Balaban J connectivity index is 1.44. The first-order chi connectivity index (χ1) is 12.2. The van der Waals surface area contributed by atoms with E-state index < -0.39 is 0 Å². The van der Waals surface area contributed by atoms with E-state index in [-0.39, 0.29) is 5.82 Å². The summed E-state index contributed by atoms with van der Waals surface area (Å²) >= 11 is 0. The summed E-state index contributed by atoms with van der Waals surface area (Å²) in [4.78, 5) is 4.46. The van der Waals surface area contributed by atoms with E-state index in [1.54, 1.807) is 12.1 Å². The van der Waals surface area contributed by atoms with Crippen LogP contribution in [0.25, 0.3) is 11.0 Å². The maximum atomic E-state index is 13.7. The van der Waals surface area contributed by atoms with Crippen molar-refractivity contribution < 1.29 is 9.13 Å². The molecule has 0 spiro atoms. The van der Waals surface area contributed by atoms with E-state index in [1.165, 1.54) is 12.6 Å². The summed E-state index contributed by atoms with van der Waals surface area (Å²) in [7, 11) is 1.49. The van der Waals surface area contributed by atoms with Gasteiger partial charge in [0.2, 0.25) is 0 Å². The molecule has 132 valence electrons. The molecule has 4 heteroatoms. The Kier molecular flexibility index (Phi) is 5.69. The van der Waals surface area contributed by atoms with Crippen molar-refractivity contribution >= 4 is 11.0 Å². The Morgan fingerprint density at radius 3 is 2.76 bits per heavy atom. The summed E-state index contributed by atoms with van der Waals surface area (Å²) < 4.78 is 20.9. The fourth-order valence-electron chi connectivity index (χ4n) is 3.28. The minimum absolute atomic E-state index is 0.277. The molecule has 1 heterocycles. The van der Waals surface area contributed by atoms with Crippen molar-refractivity contribution in [2.45, 2.75) is 45.1 Å². The van der Waals surface area contributed by atoms with Crippen LogP contribution in [0.15, 0.2) is 48.8 Å². The third-order valence-corrected chi connectivity index (χ3v) is 4.76. The maximum absolute atomic E-state index is 13.7. The highest BCUT2D eigenvalue weighted by molar-refractivity contribution is 5.75. The summed E-state index contributed by atoms with van der Waals surface area (Å²) in [6.45, 7) is 2.24. The molecule has 25 heavy (non-hydrogen) atoms. The monoisotopic (exact) mass is 340 g/mol. The van der Waals surface area contributed by atoms with E-state index >= 15 is 0 Å². The van der Waals surface area contributed by atoms with Gasteiger partial charge in [0.25, 0.3) is 0 Å². The van der Waals surface area contributed by atoms with Gasteiger partial charge in [0.05, 0.1) is 24.5 Å². The number of unbranched alkanes of at least 4 members (excludes halogenated alkanes) is 2. The number of methoxy groups -OCH3 is 1. The molecule has 0 amide bonds. The van der Waals surface area contributed by atoms with Gasteiger partial charge in [-0.05, 0) is 56.0 Å². The molecular weight excluding hydrogens is 315 g/mol. The van der Waals surface area contributed by atoms with Gasteiger partial charge in [-0.3, -0.25) is 0 Å². The van der Waals surface area contributed by atoms with E-state index in [0.717, 1.165) is 43.2 Å². The Morgan fingerprint density at radius 2 is 1.96 bits per heavy atom. The van der Waals surface area contributed by atoms with Crippen LogP contribution in [0.3, 0.4) is 0 Å². The van der Waals surface area contributed by atoms with Gasteiger partial charge in [0, 0.05) is 6.04 Å². The largest absolute Gasteiger partial charge is 0.494 e. The maximum Gasteiger partial charge on any atom is 0.165 e. The normalized spacial score (nSPS) is 12.4. The fraction of sp³-hybridized carbons (Fsp3) is 0.381. The van der Waals surface area contributed by atoms with Crippen LogP contribution in [0.2, 0.25) is 0 Å². The summed E-state index contributed by atoms with van der Waals surface area (Å²) in [6, 6.07) is 13.9. The quantitative estimate of drug-likeness (QED) is 0.503. The van der Waals surface area contributed by atoms with Crippen LogP contribution in [0, 0.1) is 5.82 Å². The van der Waals surface area contributed by atoms with Crippen LogP contribution in [0.4, 0.5) is 4.39 Å². The van der Waals surface area contributed by atoms with Crippen LogP contribution in [-0.4, -0.2) is 16.7 Å². The number of para-hydroxylation sites is 2. The Hall–Kier alpha value is -2.36. The van der Waals surface area contributed by atoms with Crippen molar-refractivity contribution in [3.05, 3.63) is 60.2 Å². The van der Waals surface area contributed by atoms with Gasteiger partial charge >= 0.3 is 0 Å². The molecule has 0 radical (unpaired) electrons. The van der Waals surface area contributed by atoms with E-state index in [4.69, 9.17) is 4.74 Å². The zero-order valence-electron chi connectivity index (χ0n) is 14.9. The molecule has 0 saturated heterocycles. The lowest BCUT2D eigenvalue weighted by molar-refractivity contribution is 0.386. The second kappa shape index (κ2) is 8.15.